The smallest absolute Gasteiger partial charge is 0.248 e. The fourth-order valence-electron chi connectivity index (χ4n) is 4.13. The van der Waals surface area contributed by atoms with Crippen molar-refractivity contribution in [1.29, 1.82) is 0 Å². The van der Waals surface area contributed by atoms with Crippen LogP contribution in [-0.2, 0) is 4.79 Å². The summed E-state index contributed by atoms with van der Waals surface area (Å²) in [7, 11) is 0. The molecule has 2 aromatic carbocycles. The van der Waals surface area contributed by atoms with E-state index in [2.05, 4.69) is 10.3 Å². The third-order valence-corrected chi connectivity index (χ3v) is 5.93. The molecule has 34 heavy (non-hydrogen) atoms. The van der Waals surface area contributed by atoms with Crippen molar-refractivity contribution in [2.45, 2.75) is 19.3 Å². The summed E-state index contributed by atoms with van der Waals surface area (Å²) in [5, 5.41) is 3.39. The van der Waals surface area contributed by atoms with E-state index in [9.17, 15) is 9.59 Å². The van der Waals surface area contributed by atoms with Crippen molar-refractivity contribution in [1.82, 2.24) is 24.4 Å². The zero-order valence-corrected chi connectivity index (χ0v) is 18.6. The molecule has 2 amide bonds. The monoisotopic (exact) mass is 455 g/mol. The zero-order chi connectivity index (χ0) is 23.5. The zero-order valence-electron chi connectivity index (χ0n) is 18.6. The molecule has 0 aliphatic carbocycles. The van der Waals surface area contributed by atoms with E-state index in [-0.39, 0.29) is 5.91 Å². The van der Waals surface area contributed by atoms with E-state index in [0.29, 0.717) is 41.3 Å². The third kappa shape index (κ3) is 4.32. The minimum Gasteiger partial charge on any atom is -0.368 e. The van der Waals surface area contributed by atoms with Gasteiger partial charge in [-0.2, -0.15) is 0 Å². The van der Waals surface area contributed by atoms with Crippen LogP contribution in [0, 0.1) is 0 Å². The highest BCUT2D eigenvalue weighted by molar-refractivity contribution is 5.93. The number of nitrogens with one attached hydrogen (secondary N) is 1. The first kappa shape index (κ1) is 21.6. The number of primary amides is 1. The molecule has 3 heterocycles. The Bertz CT molecular complexity index is 1330. The Kier molecular flexibility index (Phi) is 5.90. The van der Waals surface area contributed by atoms with Crippen LogP contribution in [0.1, 0.15) is 29.6 Å². The Labute approximate surface area is 196 Å². The van der Waals surface area contributed by atoms with Crippen LogP contribution in [0.4, 0.5) is 5.82 Å². The van der Waals surface area contributed by atoms with Crippen LogP contribution in [-0.4, -0.2) is 55.9 Å². The fraction of sp³-hybridized carbons (Fsp3) is 0.240. The second-order valence-corrected chi connectivity index (χ2v) is 8.22. The van der Waals surface area contributed by atoms with Gasteiger partial charge in [-0.25, -0.2) is 15.0 Å². The molecule has 1 fully saturated rings. The van der Waals surface area contributed by atoms with Crippen molar-refractivity contribution >= 4 is 28.8 Å². The second kappa shape index (κ2) is 9.30. The summed E-state index contributed by atoms with van der Waals surface area (Å²) in [4.78, 5) is 39.3. The summed E-state index contributed by atoms with van der Waals surface area (Å²) in [6, 6.07) is 16.8. The number of hydrogen-bond donors (Lipinski definition) is 2. The molecule has 9 nitrogen and oxygen atoms in total. The molecule has 3 N–H and O–H groups in total. The molecule has 0 spiro atoms. The minimum absolute atomic E-state index is 0.229. The number of para-hydroxylation sites is 1. The maximum absolute atomic E-state index is 11.9. The molecule has 172 valence electrons. The molecule has 1 aliphatic heterocycles. The summed E-state index contributed by atoms with van der Waals surface area (Å²) in [6.07, 6.45) is 4.13. The van der Waals surface area contributed by atoms with Gasteiger partial charge >= 0.3 is 0 Å². The van der Waals surface area contributed by atoms with Crippen LogP contribution in [0.15, 0.2) is 60.9 Å². The van der Waals surface area contributed by atoms with Gasteiger partial charge in [0.05, 0.1) is 0 Å². The summed E-state index contributed by atoms with van der Waals surface area (Å²) in [6.45, 7) is 2.21. The molecule has 0 radical (unpaired) electrons. The van der Waals surface area contributed by atoms with Crippen LogP contribution in [0.3, 0.4) is 0 Å². The molecular weight excluding hydrogens is 430 g/mol. The summed E-state index contributed by atoms with van der Waals surface area (Å²) < 4.78 is 1.92. The van der Waals surface area contributed by atoms with Gasteiger partial charge in [-0.05, 0) is 37.1 Å². The molecular formula is C25H25N7O2. The number of hydrogen-bond acceptors (Lipinski definition) is 6. The van der Waals surface area contributed by atoms with E-state index in [1.54, 1.807) is 30.6 Å². The van der Waals surface area contributed by atoms with Gasteiger partial charge in [0.25, 0.3) is 0 Å². The van der Waals surface area contributed by atoms with Crippen LogP contribution in [0.5, 0.6) is 0 Å². The Morgan fingerprint density at radius 3 is 2.56 bits per heavy atom. The Morgan fingerprint density at radius 2 is 1.85 bits per heavy atom. The summed E-state index contributed by atoms with van der Waals surface area (Å²) >= 11 is 0. The number of nitrogens with two attached hydrogens (primary N) is 1. The number of amides is 2. The highest BCUT2D eigenvalue weighted by Crippen LogP contribution is 2.26. The van der Waals surface area contributed by atoms with Gasteiger partial charge in [0.2, 0.25) is 11.8 Å². The van der Waals surface area contributed by atoms with Crippen LogP contribution in [0.2, 0.25) is 0 Å². The number of carbonyl (C=O) groups excluding carboxylic acids is 2. The van der Waals surface area contributed by atoms with Crippen LogP contribution < -0.4 is 11.1 Å². The maximum Gasteiger partial charge on any atom is 0.248 e. The lowest BCUT2D eigenvalue weighted by Gasteiger charge is -2.15. The third-order valence-electron chi connectivity index (χ3n) is 5.93. The normalized spacial score (nSPS) is 13.5. The van der Waals surface area contributed by atoms with Crippen molar-refractivity contribution in [2.75, 3.05) is 25.0 Å². The van der Waals surface area contributed by atoms with E-state index < -0.39 is 5.91 Å². The maximum atomic E-state index is 11.9. The first-order chi connectivity index (χ1) is 16.6. The number of imidazole rings is 1. The molecule has 0 saturated carbocycles. The Morgan fingerprint density at radius 1 is 1.06 bits per heavy atom. The first-order valence-corrected chi connectivity index (χ1v) is 11.3. The van der Waals surface area contributed by atoms with Gasteiger partial charge in [-0.1, -0.05) is 30.3 Å². The van der Waals surface area contributed by atoms with Crippen molar-refractivity contribution in [3.05, 3.63) is 66.5 Å². The van der Waals surface area contributed by atoms with E-state index in [1.165, 1.54) is 0 Å². The average Bonchev–Trinajstić information content (AvgIpc) is 3.48. The topological polar surface area (TPSA) is 119 Å². The average molecular weight is 456 g/mol. The standard InChI is InChI=1S/C25H25N7O2/c26-22(34)17-9-11-18(12-10-17)23-29-24(27-13-5-15-31-14-4-8-20(31)33)21-25(30-23)32(16-28-21)19-6-2-1-3-7-19/h1-3,6-7,9-12,16H,4-5,8,13-15H2,(H2,26,34)(H,27,29,30). The molecule has 5 rings (SSSR count). The lowest BCUT2D eigenvalue weighted by molar-refractivity contribution is -0.127. The number of anilines is 1. The Balaban J connectivity index is 1.47. The molecule has 0 atom stereocenters. The predicted molar refractivity (Wildman–Crippen MR) is 130 cm³/mol. The predicted octanol–water partition coefficient (Wildman–Crippen LogP) is 3.01. The van der Waals surface area contributed by atoms with Crippen molar-refractivity contribution in [3.63, 3.8) is 0 Å². The molecule has 2 aromatic heterocycles. The van der Waals surface area contributed by atoms with E-state index in [0.717, 1.165) is 37.2 Å². The lowest BCUT2D eigenvalue weighted by Crippen LogP contribution is -2.27. The molecule has 1 aliphatic rings. The lowest BCUT2D eigenvalue weighted by atomic mass is 10.1. The number of benzene rings is 2. The van der Waals surface area contributed by atoms with E-state index >= 15 is 0 Å². The van der Waals surface area contributed by atoms with Gasteiger partial charge in [0, 0.05) is 42.9 Å². The highest BCUT2D eigenvalue weighted by Gasteiger charge is 2.19. The van der Waals surface area contributed by atoms with E-state index in [4.69, 9.17) is 15.7 Å². The number of rotatable bonds is 8. The Hall–Kier alpha value is -4.27. The van der Waals surface area contributed by atoms with Crippen molar-refractivity contribution in [2.24, 2.45) is 5.73 Å². The molecule has 1 saturated heterocycles. The number of fused-ring (bicyclic) bond motifs is 1. The van der Waals surface area contributed by atoms with Gasteiger partial charge < -0.3 is 16.0 Å². The molecule has 0 bridgehead atoms. The number of carbonyl (C=O) groups is 2. The molecule has 4 aromatic rings. The largest absolute Gasteiger partial charge is 0.368 e. The highest BCUT2D eigenvalue weighted by atomic mass is 16.2. The summed E-state index contributed by atoms with van der Waals surface area (Å²) in [5.41, 5.74) is 8.85. The summed E-state index contributed by atoms with van der Waals surface area (Å²) in [5.74, 6) is 0.886. The fourth-order valence-corrected chi connectivity index (χ4v) is 4.13. The van der Waals surface area contributed by atoms with Gasteiger partial charge in [-0.3, -0.25) is 14.2 Å². The van der Waals surface area contributed by atoms with Crippen LogP contribution >= 0.6 is 0 Å². The minimum atomic E-state index is -0.482. The quantitative estimate of drug-likeness (QED) is 0.394. The van der Waals surface area contributed by atoms with Gasteiger partial charge in [0.1, 0.15) is 6.33 Å². The second-order valence-electron chi connectivity index (χ2n) is 8.22. The molecule has 9 heteroatoms. The number of aromatic nitrogens is 4. The van der Waals surface area contributed by atoms with E-state index in [1.807, 2.05) is 39.8 Å². The van der Waals surface area contributed by atoms with Gasteiger partial charge in [-0.15, -0.1) is 0 Å². The van der Waals surface area contributed by atoms with Crippen molar-refractivity contribution in [3.8, 4) is 17.1 Å². The van der Waals surface area contributed by atoms with Crippen molar-refractivity contribution < 1.29 is 9.59 Å². The number of likely N-dealkylation sites (tertiary alicyclic amines) is 1. The SMILES string of the molecule is NC(=O)c1ccc(-c2nc(NCCCN3CCCC3=O)c3ncn(-c4ccccc4)c3n2)cc1. The first-order valence-electron chi connectivity index (χ1n) is 11.3. The van der Waals surface area contributed by atoms with Crippen LogP contribution in [0.25, 0.3) is 28.2 Å². The van der Waals surface area contributed by atoms with Gasteiger partial charge in [0.15, 0.2) is 22.8 Å². The number of nitrogens with zero attached hydrogens (tertiary/aromatic N) is 5. The molecule has 0 unspecified atom stereocenters.